The van der Waals surface area contributed by atoms with Gasteiger partial charge in [0.2, 0.25) is 0 Å². The van der Waals surface area contributed by atoms with Crippen LogP contribution in [0.25, 0.3) is 0 Å². The summed E-state index contributed by atoms with van der Waals surface area (Å²) in [5.41, 5.74) is 14.1. The van der Waals surface area contributed by atoms with E-state index in [0.29, 0.717) is 0 Å². The summed E-state index contributed by atoms with van der Waals surface area (Å²) >= 11 is 1.96. The van der Waals surface area contributed by atoms with Gasteiger partial charge in [-0.05, 0) is 100.0 Å². The summed E-state index contributed by atoms with van der Waals surface area (Å²) in [6.45, 7) is 10.3. The number of rotatable bonds is 9. The number of nitrogens with two attached hydrogens (primary N) is 1. The fourth-order valence-corrected chi connectivity index (χ4v) is 6.52. The molecule has 0 amide bonds. The first-order valence-electron chi connectivity index (χ1n) is 13.0. The maximum Gasteiger partial charge on any atom is 0.104 e. The first-order valence-corrected chi connectivity index (χ1v) is 13.9. The molecule has 2 aliphatic heterocycles. The Kier molecular flexibility index (Phi) is 8.49. The first-order chi connectivity index (χ1) is 16.5. The van der Waals surface area contributed by atoms with Gasteiger partial charge in [-0.1, -0.05) is 49.4 Å². The highest BCUT2D eigenvalue weighted by molar-refractivity contribution is 8.00. The molecule has 5 heteroatoms. The van der Waals surface area contributed by atoms with Crippen LogP contribution in [0.1, 0.15) is 67.3 Å². The number of likely N-dealkylation sites (N-methyl/N-ethyl adjacent to an activating group) is 1. The SMILES string of the molecule is CCc1ccc2c(c1)SC(C(N/C=C(\N)CCCN1CCCCC1)c1ccc(C)c(C)c1)N2C. The second kappa shape index (κ2) is 11.5. The number of piperidine rings is 1. The third kappa shape index (κ3) is 5.92. The minimum Gasteiger partial charge on any atom is -0.401 e. The van der Waals surface area contributed by atoms with Crippen LogP contribution in [0, 0.1) is 13.8 Å². The monoisotopic (exact) mass is 478 g/mol. The predicted molar refractivity (Wildman–Crippen MR) is 147 cm³/mol. The van der Waals surface area contributed by atoms with E-state index in [1.807, 2.05) is 11.8 Å². The molecule has 2 unspecified atom stereocenters. The quantitative estimate of drug-likeness (QED) is 0.454. The van der Waals surface area contributed by atoms with Gasteiger partial charge in [0.25, 0.3) is 0 Å². The van der Waals surface area contributed by atoms with Gasteiger partial charge in [0.05, 0.1) is 11.7 Å². The molecule has 2 heterocycles. The van der Waals surface area contributed by atoms with E-state index in [1.165, 1.54) is 65.2 Å². The van der Waals surface area contributed by atoms with Gasteiger partial charge in [-0.15, -0.1) is 0 Å². The minimum atomic E-state index is 0.146. The molecule has 0 radical (unpaired) electrons. The second-order valence-electron chi connectivity index (χ2n) is 9.99. The number of anilines is 1. The standard InChI is InChI=1S/C29H42N4S/c1-5-23-12-14-26-27(19-23)34-29(32(26)4)28(24-13-11-21(2)22(3)18-24)31-20-25(30)10-9-17-33-15-7-6-8-16-33/h11-14,18-20,28-29,31H,5-10,15-17,30H2,1-4H3/b25-20-. The molecule has 4 rings (SSSR count). The summed E-state index contributed by atoms with van der Waals surface area (Å²) in [6.07, 6.45) is 9.29. The van der Waals surface area contributed by atoms with Gasteiger partial charge < -0.3 is 20.9 Å². The van der Waals surface area contributed by atoms with Gasteiger partial charge in [-0.2, -0.15) is 0 Å². The average molecular weight is 479 g/mol. The van der Waals surface area contributed by atoms with Gasteiger partial charge in [0.15, 0.2) is 0 Å². The zero-order chi connectivity index (χ0) is 24.1. The molecule has 2 atom stereocenters. The van der Waals surface area contributed by atoms with Crippen molar-refractivity contribution < 1.29 is 0 Å². The Bertz CT molecular complexity index is 996. The fraction of sp³-hybridized carbons (Fsp3) is 0.517. The van der Waals surface area contributed by atoms with Crippen LogP contribution in [-0.2, 0) is 6.42 Å². The fourth-order valence-electron chi connectivity index (χ4n) is 5.06. The topological polar surface area (TPSA) is 44.5 Å². The van der Waals surface area contributed by atoms with Crippen molar-refractivity contribution in [3.63, 3.8) is 0 Å². The molecule has 2 aromatic carbocycles. The molecule has 0 aliphatic carbocycles. The molecule has 184 valence electrons. The number of hydrogen-bond donors (Lipinski definition) is 2. The van der Waals surface area contributed by atoms with E-state index < -0.39 is 0 Å². The van der Waals surface area contributed by atoms with Crippen LogP contribution in [0.2, 0.25) is 0 Å². The molecular formula is C29H42N4S. The highest BCUT2D eigenvalue weighted by atomic mass is 32.2. The number of nitrogens with zero attached hydrogens (tertiary/aromatic N) is 2. The summed E-state index contributed by atoms with van der Waals surface area (Å²) in [4.78, 5) is 6.39. The molecule has 1 saturated heterocycles. The van der Waals surface area contributed by atoms with Crippen molar-refractivity contribution >= 4 is 17.4 Å². The van der Waals surface area contributed by atoms with Gasteiger partial charge in [0.1, 0.15) is 5.37 Å². The van der Waals surface area contributed by atoms with E-state index >= 15 is 0 Å². The number of fused-ring (bicyclic) bond motifs is 1. The van der Waals surface area contributed by atoms with Gasteiger partial charge >= 0.3 is 0 Å². The lowest BCUT2D eigenvalue weighted by molar-refractivity contribution is 0.226. The minimum absolute atomic E-state index is 0.146. The molecule has 0 spiro atoms. The van der Waals surface area contributed by atoms with E-state index in [9.17, 15) is 0 Å². The van der Waals surface area contributed by atoms with Crippen molar-refractivity contribution in [2.24, 2.45) is 5.73 Å². The summed E-state index contributed by atoms with van der Waals surface area (Å²) in [7, 11) is 2.22. The number of thioether (sulfide) groups is 1. The Morgan fingerprint density at radius 1 is 1.12 bits per heavy atom. The summed E-state index contributed by atoms with van der Waals surface area (Å²) in [6, 6.07) is 13.9. The van der Waals surface area contributed by atoms with E-state index in [2.05, 4.69) is 85.5 Å². The number of nitrogens with one attached hydrogen (secondary N) is 1. The Labute approximate surface area is 211 Å². The Balaban J connectivity index is 1.48. The van der Waals surface area contributed by atoms with E-state index in [0.717, 1.165) is 31.5 Å². The molecule has 34 heavy (non-hydrogen) atoms. The van der Waals surface area contributed by atoms with Crippen LogP contribution < -0.4 is 16.0 Å². The molecular weight excluding hydrogens is 436 g/mol. The maximum absolute atomic E-state index is 6.48. The highest BCUT2D eigenvalue weighted by Crippen LogP contribution is 2.47. The third-order valence-electron chi connectivity index (χ3n) is 7.45. The van der Waals surface area contributed by atoms with Crippen LogP contribution in [0.3, 0.4) is 0 Å². The molecule has 0 aromatic heterocycles. The molecule has 1 fully saturated rings. The van der Waals surface area contributed by atoms with Crippen LogP contribution in [0.5, 0.6) is 0 Å². The number of aryl methyl sites for hydroxylation is 3. The summed E-state index contributed by atoms with van der Waals surface area (Å²) < 4.78 is 0. The van der Waals surface area contributed by atoms with Gasteiger partial charge in [-0.25, -0.2) is 0 Å². The molecule has 0 saturated carbocycles. The lowest BCUT2D eigenvalue weighted by atomic mass is 10.00. The van der Waals surface area contributed by atoms with E-state index in [-0.39, 0.29) is 11.4 Å². The van der Waals surface area contributed by atoms with Crippen molar-refractivity contribution in [2.75, 3.05) is 31.6 Å². The zero-order valence-electron chi connectivity index (χ0n) is 21.4. The van der Waals surface area contributed by atoms with Crippen LogP contribution in [0.15, 0.2) is 53.2 Å². The first kappa shape index (κ1) is 25.0. The molecule has 0 bridgehead atoms. The van der Waals surface area contributed by atoms with Crippen molar-refractivity contribution in [1.29, 1.82) is 0 Å². The normalized spacial score (nSPS) is 19.8. The lowest BCUT2D eigenvalue weighted by Gasteiger charge is -2.31. The molecule has 2 aliphatic rings. The van der Waals surface area contributed by atoms with Gasteiger partial charge in [0, 0.05) is 23.8 Å². The summed E-state index contributed by atoms with van der Waals surface area (Å²) in [5.74, 6) is 0. The van der Waals surface area contributed by atoms with Crippen molar-refractivity contribution in [1.82, 2.24) is 10.2 Å². The molecule has 2 aromatic rings. The third-order valence-corrected chi connectivity index (χ3v) is 8.86. The Morgan fingerprint density at radius 3 is 2.65 bits per heavy atom. The number of benzene rings is 2. The zero-order valence-corrected chi connectivity index (χ0v) is 22.3. The second-order valence-corrected chi connectivity index (χ2v) is 11.1. The van der Waals surface area contributed by atoms with Crippen LogP contribution in [0.4, 0.5) is 5.69 Å². The number of likely N-dealkylation sites (tertiary alicyclic amines) is 1. The van der Waals surface area contributed by atoms with Crippen molar-refractivity contribution in [3.8, 4) is 0 Å². The van der Waals surface area contributed by atoms with E-state index in [1.54, 1.807) is 0 Å². The maximum atomic E-state index is 6.48. The van der Waals surface area contributed by atoms with Crippen molar-refractivity contribution in [3.05, 3.63) is 70.5 Å². The number of allylic oxidation sites excluding steroid dienone is 1. The average Bonchev–Trinajstić information content (AvgIpc) is 3.17. The number of hydrogen-bond acceptors (Lipinski definition) is 5. The smallest absolute Gasteiger partial charge is 0.104 e. The van der Waals surface area contributed by atoms with Crippen molar-refractivity contribution in [2.45, 2.75) is 75.6 Å². The van der Waals surface area contributed by atoms with E-state index in [4.69, 9.17) is 5.73 Å². The molecule has 4 nitrogen and oxygen atoms in total. The van der Waals surface area contributed by atoms with Crippen LogP contribution >= 0.6 is 11.8 Å². The van der Waals surface area contributed by atoms with Crippen LogP contribution in [-0.4, -0.2) is 37.0 Å². The highest BCUT2D eigenvalue weighted by Gasteiger charge is 2.34. The Morgan fingerprint density at radius 2 is 1.91 bits per heavy atom. The summed E-state index contributed by atoms with van der Waals surface area (Å²) in [5, 5.41) is 4.01. The van der Waals surface area contributed by atoms with Gasteiger partial charge in [-0.3, -0.25) is 0 Å². The molecule has 3 N–H and O–H groups in total. The largest absolute Gasteiger partial charge is 0.401 e. The lowest BCUT2D eigenvalue weighted by Crippen LogP contribution is -2.37. The Hall–Kier alpha value is -2.11. The predicted octanol–water partition coefficient (Wildman–Crippen LogP) is 6.13.